The lowest BCUT2D eigenvalue weighted by atomic mass is 10.2. The van der Waals surface area contributed by atoms with Crippen LogP contribution in [0.1, 0.15) is 5.56 Å². The second kappa shape index (κ2) is 8.21. The molecule has 2 heterocycles. The lowest BCUT2D eigenvalue weighted by Gasteiger charge is -2.36. The Morgan fingerprint density at radius 2 is 1.32 bits per heavy atom. The van der Waals surface area contributed by atoms with E-state index in [1.54, 1.807) is 24.3 Å². The van der Waals surface area contributed by atoms with Crippen LogP contribution in [0.25, 0.3) is 10.9 Å². The highest BCUT2D eigenvalue weighted by Crippen LogP contribution is 2.32. The third kappa shape index (κ3) is 3.84. The van der Waals surface area contributed by atoms with E-state index in [1.807, 2.05) is 42.5 Å². The minimum absolute atomic E-state index is 0.306. The topological polar surface area (TPSA) is 45.6 Å². The first-order valence-corrected chi connectivity index (χ1v) is 12.0. The highest BCUT2D eigenvalue weighted by Gasteiger charge is 2.27. The van der Waals surface area contributed by atoms with Gasteiger partial charge in [-0.2, -0.15) is 0 Å². The molecule has 158 valence electrons. The number of rotatable bonds is 5. The fourth-order valence-electron chi connectivity index (χ4n) is 4.26. The van der Waals surface area contributed by atoms with Crippen molar-refractivity contribution in [3.63, 3.8) is 0 Å². The summed E-state index contributed by atoms with van der Waals surface area (Å²) in [5, 5.41) is 0.934. The Labute approximate surface area is 183 Å². The van der Waals surface area contributed by atoms with Gasteiger partial charge in [-0.1, -0.05) is 66.7 Å². The largest absolute Gasteiger partial charge is 0.355 e. The zero-order valence-corrected chi connectivity index (χ0v) is 18.1. The van der Waals surface area contributed by atoms with Crippen LogP contribution in [0.3, 0.4) is 0 Å². The molecule has 0 amide bonds. The fraction of sp³-hybridized carbons (Fsp3) is 0.200. The van der Waals surface area contributed by atoms with Crippen LogP contribution in [-0.4, -0.2) is 43.5 Å². The Morgan fingerprint density at radius 3 is 2.03 bits per heavy atom. The van der Waals surface area contributed by atoms with Gasteiger partial charge in [0.2, 0.25) is 0 Å². The van der Waals surface area contributed by atoms with E-state index in [0.717, 1.165) is 43.9 Å². The van der Waals surface area contributed by atoms with Gasteiger partial charge < -0.3 is 4.90 Å². The zero-order valence-electron chi connectivity index (χ0n) is 17.3. The summed E-state index contributed by atoms with van der Waals surface area (Å²) >= 11 is 0. The van der Waals surface area contributed by atoms with Crippen molar-refractivity contribution in [2.45, 2.75) is 11.4 Å². The number of nitrogens with zero attached hydrogens (tertiary/aromatic N) is 3. The van der Waals surface area contributed by atoms with Gasteiger partial charge in [-0.25, -0.2) is 12.4 Å². The van der Waals surface area contributed by atoms with E-state index in [1.165, 1.54) is 9.54 Å². The van der Waals surface area contributed by atoms with Crippen molar-refractivity contribution in [1.82, 2.24) is 8.87 Å². The molecule has 0 bridgehead atoms. The Morgan fingerprint density at radius 1 is 0.710 bits per heavy atom. The van der Waals surface area contributed by atoms with Crippen LogP contribution in [-0.2, 0) is 16.6 Å². The highest BCUT2D eigenvalue weighted by atomic mass is 32.2. The van der Waals surface area contributed by atoms with Gasteiger partial charge in [-0.05, 0) is 29.8 Å². The van der Waals surface area contributed by atoms with E-state index in [2.05, 4.69) is 34.1 Å². The minimum atomic E-state index is -3.70. The molecule has 0 spiro atoms. The number of hydrogen-bond donors (Lipinski definition) is 0. The molecule has 3 aromatic carbocycles. The summed E-state index contributed by atoms with van der Waals surface area (Å²) in [6, 6.07) is 28.8. The van der Waals surface area contributed by atoms with Crippen LogP contribution < -0.4 is 4.90 Å². The number of hydrogen-bond acceptors (Lipinski definition) is 4. The molecule has 1 aliphatic heterocycles. The zero-order chi connectivity index (χ0) is 21.3. The Kier molecular flexibility index (Phi) is 5.26. The van der Waals surface area contributed by atoms with Gasteiger partial charge in [0.25, 0.3) is 10.0 Å². The summed E-state index contributed by atoms with van der Waals surface area (Å²) in [6.07, 6.45) is 0. The molecule has 0 N–H and O–H groups in total. The molecule has 0 aliphatic carbocycles. The highest BCUT2D eigenvalue weighted by molar-refractivity contribution is 7.90. The lowest BCUT2D eigenvalue weighted by Crippen LogP contribution is -2.46. The summed E-state index contributed by atoms with van der Waals surface area (Å²) in [4.78, 5) is 4.92. The number of aromatic nitrogens is 1. The summed E-state index contributed by atoms with van der Waals surface area (Å²) in [5.74, 6) is 0.740. The van der Waals surface area contributed by atoms with Crippen molar-refractivity contribution in [3.05, 3.63) is 96.6 Å². The standard InChI is InChI=1S/C25H25N3O2S/c29-31(30,23-12-5-2-6-13-23)28-24-14-8-7-11-22(24)19-25(28)27-17-15-26(16-18-27)20-21-9-3-1-4-10-21/h1-14,19H,15-18,20H2. The summed E-state index contributed by atoms with van der Waals surface area (Å²) in [5.41, 5.74) is 2.02. The number of para-hydroxylation sites is 1. The first-order chi connectivity index (χ1) is 15.1. The van der Waals surface area contributed by atoms with Crippen molar-refractivity contribution in [3.8, 4) is 0 Å². The molecule has 6 heteroatoms. The maximum atomic E-state index is 13.6. The fourth-order valence-corrected chi connectivity index (χ4v) is 5.81. The van der Waals surface area contributed by atoms with Crippen LogP contribution in [0.5, 0.6) is 0 Å². The molecule has 1 fully saturated rings. The van der Waals surface area contributed by atoms with Crippen molar-refractivity contribution in [2.24, 2.45) is 0 Å². The maximum absolute atomic E-state index is 13.6. The Bertz CT molecular complexity index is 1280. The van der Waals surface area contributed by atoms with Gasteiger partial charge in [0, 0.05) is 38.1 Å². The van der Waals surface area contributed by atoms with Crippen molar-refractivity contribution in [2.75, 3.05) is 31.1 Å². The SMILES string of the molecule is O=S(=O)(c1ccccc1)n1c(N2CCN(Cc3ccccc3)CC2)cc2ccccc21. The summed E-state index contributed by atoms with van der Waals surface area (Å²) < 4.78 is 28.7. The lowest BCUT2D eigenvalue weighted by molar-refractivity contribution is 0.249. The van der Waals surface area contributed by atoms with Gasteiger partial charge in [-0.15, -0.1) is 0 Å². The molecule has 0 radical (unpaired) electrons. The molecule has 0 atom stereocenters. The first kappa shape index (κ1) is 19.8. The van der Waals surface area contributed by atoms with E-state index >= 15 is 0 Å². The third-order valence-corrected chi connectivity index (χ3v) is 7.61. The van der Waals surface area contributed by atoms with Crippen molar-refractivity contribution < 1.29 is 8.42 Å². The van der Waals surface area contributed by atoms with E-state index < -0.39 is 10.0 Å². The predicted molar refractivity (Wildman–Crippen MR) is 125 cm³/mol. The van der Waals surface area contributed by atoms with Crippen LogP contribution in [0, 0.1) is 0 Å². The molecule has 1 aliphatic rings. The maximum Gasteiger partial charge on any atom is 0.269 e. The normalized spacial score (nSPS) is 15.4. The van der Waals surface area contributed by atoms with Crippen LogP contribution in [0.15, 0.2) is 95.9 Å². The molecule has 31 heavy (non-hydrogen) atoms. The van der Waals surface area contributed by atoms with Gasteiger partial charge >= 0.3 is 0 Å². The van der Waals surface area contributed by atoms with E-state index in [-0.39, 0.29) is 0 Å². The minimum Gasteiger partial charge on any atom is -0.355 e. The first-order valence-electron chi connectivity index (χ1n) is 10.6. The Hall–Kier alpha value is -3.09. The quantitative estimate of drug-likeness (QED) is 0.475. The average molecular weight is 432 g/mol. The van der Waals surface area contributed by atoms with Crippen LogP contribution in [0.2, 0.25) is 0 Å². The van der Waals surface area contributed by atoms with Crippen molar-refractivity contribution >= 4 is 26.7 Å². The molecule has 1 saturated heterocycles. The van der Waals surface area contributed by atoms with Gasteiger partial charge in [-0.3, -0.25) is 4.90 Å². The van der Waals surface area contributed by atoms with E-state index in [0.29, 0.717) is 10.4 Å². The summed E-state index contributed by atoms with van der Waals surface area (Å²) in [6.45, 7) is 4.27. The van der Waals surface area contributed by atoms with Gasteiger partial charge in [0.05, 0.1) is 10.4 Å². The summed E-state index contributed by atoms with van der Waals surface area (Å²) in [7, 11) is -3.70. The van der Waals surface area contributed by atoms with E-state index in [4.69, 9.17) is 0 Å². The molecular formula is C25H25N3O2S. The van der Waals surface area contributed by atoms with Crippen molar-refractivity contribution in [1.29, 1.82) is 0 Å². The number of benzene rings is 3. The average Bonchev–Trinajstić information content (AvgIpc) is 3.21. The molecule has 1 aromatic heterocycles. The van der Waals surface area contributed by atoms with Crippen LogP contribution in [0.4, 0.5) is 5.82 Å². The van der Waals surface area contributed by atoms with Gasteiger partial charge in [0.1, 0.15) is 5.82 Å². The smallest absolute Gasteiger partial charge is 0.269 e. The predicted octanol–water partition coefficient (Wildman–Crippen LogP) is 4.20. The molecule has 0 saturated carbocycles. The number of fused-ring (bicyclic) bond motifs is 1. The molecule has 5 nitrogen and oxygen atoms in total. The molecule has 5 rings (SSSR count). The number of piperazine rings is 1. The molecular weight excluding hydrogens is 406 g/mol. The van der Waals surface area contributed by atoms with E-state index in [9.17, 15) is 8.42 Å². The molecule has 0 unspecified atom stereocenters. The third-order valence-electron chi connectivity index (χ3n) is 5.87. The monoisotopic (exact) mass is 431 g/mol. The Balaban J connectivity index is 1.47. The molecule has 4 aromatic rings. The number of anilines is 1. The van der Waals surface area contributed by atoms with Gasteiger partial charge in [0.15, 0.2) is 0 Å². The van der Waals surface area contributed by atoms with Crippen LogP contribution >= 0.6 is 0 Å². The second-order valence-electron chi connectivity index (χ2n) is 7.89. The second-order valence-corrected chi connectivity index (χ2v) is 9.68.